The molecule has 0 unspecified atom stereocenters. The van der Waals surface area contributed by atoms with E-state index in [9.17, 15) is 4.79 Å². The number of rotatable bonds is 5. The van der Waals surface area contributed by atoms with Gasteiger partial charge >= 0.3 is 5.97 Å². The zero-order valence-electron chi connectivity index (χ0n) is 10.7. The predicted octanol–water partition coefficient (Wildman–Crippen LogP) is 3.12. The van der Waals surface area contributed by atoms with Gasteiger partial charge in [0.1, 0.15) is 0 Å². The smallest absolute Gasteiger partial charge is 0.338 e. The Hall–Kier alpha value is -2.01. The van der Waals surface area contributed by atoms with Crippen LogP contribution in [0.2, 0.25) is 0 Å². The molecule has 5 heteroatoms. The van der Waals surface area contributed by atoms with E-state index in [1.165, 1.54) is 0 Å². The molecular weight excluding hydrogens is 260 g/mol. The number of nitrogen functional groups attached to an aromatic ring is 1. The van der Waals surface area contributed by atoms with Crippen molar-refractivity contribution >= 4 is 28.7 Å². The van der Waals surface area contributed by atoms with Crippen LogP contribution in [0.25, 0.3) is 0 Å². The number of ether oxygens (including phenoxy) is 1. The molecule has 2 rings (SSSR count). The molecular formula is C14H16N2O2S. The molecule has 1 aromatic carbocycles. The van der Waals surface area contributed by atoms with Crippen LogP contribution in [0.3, 0.4) is 0 Å². The number of nitrogens with two attached hydrogens (primary N) is 1. The van der Waals surface area contributed by atoms with Crippen LogP contribution in [-0.2, 0) is 11.3 Å². The number of anilines is 2. The number of carbonyl (C=O) groups is 1. The van der Waals surface area contributed by atoms with Gasteiger partial charge in [0.25, 0.3) is 0 Å². The van der Waals surface area contributed by atoms with Crippen LogP contribution in [0.1, 0.15) is 22.2 Å². The number of hydrogen-bond donors (Lipinski definition) is 2. The second-order valence-electron chi connectivity index (χ2n) is 3.95. The lowest BCUT2D eigenvalue weighted by Gasteiger charge is -2.07. The molecule has 19 heavy (non-hydrogen) atoms. The predicted molar refractivity (Wildman–Crippen MR) is 78.5 cm³/mol. The Balaban J connectivity index is 2.03. The first kappa shape index (κ1) is 13.4. The van der Waals surface area contributed by atoms with Crippen molar-refractivity contribution in [3.05, 3.63) is 46.2 Å². The van der Waals surface area contributed by atoms with Crippen LogP contribution >= 0.6 is 11.3 Å². The molecule has 1 heterocycles. The summed E-state index contributed by atoms with van der Waals surface area (Å²) in [5, 5.41) is 5.21. The van der Waals surface area contributed by atoms with Crippen LogP contribution in [-0.4, -0.2) is 12.6 Å². The Morgan fingerprint density at radius 2 is 2.26 bits per heavy atom. The molecule has 0 spiro atoms. The van der Waals surface area contributed by atoms with Crippen molar-refractivity contribution in [1.29, 1.82) is 0 Å². The van der Waals surface area contributed by atoms with Gasteiger partial charge in [-0.25, -0.2) is 4.79 Å². The fourth-order valence-corrected chi connectivity index (χ4v) is 2.39. The number of benzene rings is 1. The second kappa shape index (κ2) is 6.24. The van der Waals surface area contributed by atoms with E-state index >= 15 is 0 Å². The summed E-state index contributed by atoms with van der Waals surface area (Å²) in [6.45, 7) is 2.82. The first-order valence-corrected chi connectivity index (χ1v) is 6.91. The van der Waals surface area contributed by atoms with Gasteiger partial charge in [0.05, 0.1) is 18.7 Å². The van der Waals surface area contributed by atoms with Gasteiger partial charge in [0.2, 0.25) is 0 Å². The lowest BCUT2D eigenvalue weighted by Crippen LogP contribution is -2.06. The molecule has 0 bridgehead atoms. The molecule has 2 aromatic rings. The van der Waals surface area contributed by atoms with E-state index in [4.69, 9.17) is 10.5 Å². The summed E-state index contributed by atoms with van der Waals surface area (Å²) in [6, 6.07) is 9.14. The Morgan fingerprint density at radius 3 is 2.95 bits per heavy atom. The van der Waals surface area contributed by atoms with Gasteiger partial charge in [-0.05, 0) is 36.6 Å². The zero-order valence-corrected chi connectivity index (χ0v) is 11.5. The minimum Gasteiger partial charge on any atom is -0.462 e. The largest absolute Gasteiger partial charge is 0.462 e. The molecule has 4 nitrogen and oxygen atoms in total. The molecule has 3 N–H and O–H groups in total. The van der Waals surface area contributed by atoms with Crippen molar-refractivity contribution in [3.63, 3.8) is 0 Å². The van der Waals surface area contributed by atoms with Gasteiger partial charge in [-0.1, -0.05) is 6.07 Å². The summed E-state index contributed by atoms with van der Waals surface area (Å²) in [5.41, 5.74) is 8.03. The Labute approximate surface area is 116 Å². The average molecular weight is 276 g/mol. The topological polar surface area (TPSA) is 64.3 Å². The minimum absolute atomic E-state index is 0.304. The van der Waals surface area contributed by atoms with E-state index in [1.807, 2.05) is 23.6 Å². The van der Waals surface area contributed by atoms with E-state index in [1.54, 1.807) is 30.4 Å². The van der Waals surface area contributed by atoms with Crippen molar-refractivity contribution in [2.24, 2.45) is 0 Å². The van der Waals surface area contributed by atoms with Gasteiger partial charge in [-0.15, -0.1) is 11.3 Å². The monoisotopic (exact) mass is 276 g/mol. The molecule has 0 saturated carbocycles. The summed E-state index contributed by atoms with van der Waals surface area (Å²) in [5.74, 6) is -0.304. The minimum atomic E-state index is -0.304. The highest BCUT2D eigenvalue weighted by Crippen LogP contribution is 2.20. The fraction of sp³-hybridized carbons (Fsp3) is 0.214. The molecule has 0 aliphatic rings. The highest BCUT2D eigenvalue weighted by atomic mass is 32.1. The molecule has 0 aliphatic heterocycles. The van der Waals surface area contributed by atoms with Crippen LogP contribution in [0.4, 0.5) is 11.4 Å². The highest BCUT2D eigenvalue weighted by Gasteiger charge is 2.07. The standard InChI is InChI=1S/C14H16N2O2S/c1-2-18-14(17)10-4-3-5-11(8-10)16-9-13-12(15)6-7-19-13/h3-8,16H,2,9,15H2,1H3. The normalized spacial score (nSPS) is 10.2. The molecule has 0 fully saturated rings. The first-order valence-electron chi connectivity index (χ1n) is 6.03. The Kier molecular flexibility index (Phi) is 4.41. The van der Waals surface area contributed by atoms with E-state index in [-0.39, 0.29) is 5.97 Å². The molecule has 0 atom stereocenters. The SMILES string of the molecule is CCOC(=O)c1cccc(NCc2sccc2N)c1. The summed E-state index contributed by atoms with van der Waals surface area (Å²) in [6.07, 6.45) is 0. The van der Waals surface area contributed by atoms with Gasteiger partial charge in [0.15, 0.2) is 0 Å². The van der Waals surface area contributed by atoms with Gasteiger partial charge in [0, 0.05) is 16.3 Å². The summed E-state index contributed by atoms with van der Waals surface area (Å²) in [7, 11) is 0. The third kappa shape index (κ3) is 3.48. The van der Waals surface area contributed by atoms with Crippen LogP contribution in [0.5, 0.6) is 0 Å². The van der Waals surface area contributed by atoms with Crippen LogP contribution < -0.4 is 11.1 Å². The Morgan fingerprint density at radius 1 is 1.42 bits per heavy atom. The van der Waals surface area contributed by atoms with Gasteiger partial charge in [-0.2, -0.15) is 0 Å². The maximum Gasteiger partial charge on any atom is 0.338 e. The van der Waals surface area contributed by atoms with Crippen molar-refractivity contribution in [1.82, 2.24) is 0 Å². The average Bonchev–Trinajstić information content (AvgIpc) is 2.82. The second-order valence-corrected chi connectivity index (χ2v) is 4.95. The lowest BCUT2D eigenvalue weighted by atomic mass is 10.2. The van der Waals surface area contributed by atoms with Gasteiger partial charge in [-0.3, -0.25) is 0 Å². The van der Waals surface area contributed by atoms with E-state index in [0.29, 0.717) is 18.7 Å². The molecule has 100 valence electrons. The third-order valence-electron chi connectivity index (χ3n) is 2.61. The molecule has 0 aliphatic carbocycles. The Bertz CT molecular complexity index is 566. The van der Waals surface area contributed by atoms with E-state index in [2.05, 4.69) is 5.32 Å². The molecule has 1 aromatic heterocycles. The maximum atomic E-state index is 11.6. The number of carbonyl (C=O) groups excluding carboxylic acids is 1. The summed E-state index contributed by atoms with van der Waals surface area (Å²) >= 11 is 1.61. The van der Waals surface area contributed by atoms with Crippen molar-refractivity contribution in [2.45, 2.75) is 13.5 Å². The van der Waals surface area contributed by atoms with Crippen LogP contribution in [0, 0.1) is 0 Å². The summed E-state index contributed by atoms with van der Waals surface area (Å²) < 4.78 is 4.97. The number of thiophene rings is 1. The van der Waals surface area contributed by atoms with E-state index < -0.39 is 0 Å². The van der Waals surface area contributed by atoms with Crippen molar-refractivity contribution in [3.8, 4) is 0 Å². The van der Waals surface area contributed by atoms with Crippen molar-refractivity contribution in [2.75, 3.05) is 17.7 Å². The molecule has 0 radical (unpaired) electrons. The zero-order chi connectivity index (χ0) is 13.7. The maximum absolute atomic E-state index is 11.6. The number of esters is 1. The number of hydrogen-bond acceptors (Lipinski definition) is 5. The van der Waals surface area contributed by atoms with Gasteiger partial charge < -0.3 is 15.8 Å². The van der Waals surface area contributed by atoms with Crippen molar-refractivity contribution < 1.29 is 9.53 Å². The third-order valence-corrected chi connectivity index (χ3v) is 3.54. The summed E-state index contributed by atoms with van der Waals surface area (Å²) in [4.78, 5) is 12.7. The quantitative estimate of drug-likeness (QED) is 0.824. The lowest BCUT2D eigenvalue weighted by molar-refractivity contribution is 0.0526. The first-order chi connectivity index (χ1) is 9.20. The highest BCUT2D eigenvalue weighted by molar-refractivity contribution is 7.10. The molecule has 0 saturated heterocycles. The fourth-order valence-electron chi connectivity index (χ4n) is 1.65. The van der Waals surface area contributed by atoms with E-state index in [0.717, 1.165) is 16.3 Å². The number of nitrogens with one attached hydrogen (secondary N) is 1. The van der Waals surface area contributed by atoms with Crippen LogP contribution in [0.15, 0.2) is 35.7 Å². The molecule has 0 amide bonds.